The zero-order chi connectivity index (χ0) is 23.6. The standard InChI is InChI=1S/C22H23Cl2N5O3S/c1-33(31,32)26-20-10-11-29(25-20)22(30)28-14-12-27(13-15-28)21(16-2-6-18(23)7-3-16)17-4-8-19(24)9-5-17/h2-11,21H,12-15H2,1H3,(H,25,26). The van der Waals surface area contributed by atoms with Crippen molar-refractivity contribution < 1.29 is 13.2 Å². The number of aromatic nitrogens is 2. The molecule has 2 heterocycles. The van der Waals surface area contributed by atoms with Crippen LogP contribution in [-0.4, -0.2) is 66.5 Å². The molecule has 8 nitrogen and oxygen atoms in total. The Balaban J connectivity index is 1.48. The van der Waals surface area contributed by atoms with Gasteiger partial charge in [-0.15, -0.1) is 5.10 Å². The number of rotatable bonds is 5. The van der Waals surface area contributed by atoms with E-state index in [1.54, 1.807) is 4.90 Å². The van der Waals surface area contributed by atoms with Gasteiger partial charge in [-0.05, 0) is 35.4 Å². The molecule has 0 unspecified atom stereocenters. The number of hydrogen-bond acceptors (Lipinski definition) is 5. The molecule has 0 aliphatic carbocycles. The fourth-order valence-corrected chi connectivity index (χ4v) is 4.64. The number of nitrogens with zero attached hydrogens (tertiary/aromatic N) is 4. The minimum absolute atomic E-state index is 0.00736. The predicted molar refractivity (Wildman–Crippen MR) is 129 cm³/mol. The number of anilines is 1. The highest BCUT2D eigenvalue weighted by Crippen LogP contribution is 2.31. The van der Waals surface area contributed by atoms with Crippen molar-refractivity contribution in [3.63, 3.8) is 0 Å². The van der Waals surface area contributed by atoms with Gasteiger partial charge in [-0.2, -0.15) is 4.68 Å². The van der Waals surface area contributed by atoms with Crippen molar-refractivity contribution in [1.29, 1.82) is 0 Å². The number of piperazine rings is 1. The van der Waals surface area contributed by atoms with Crippen LogP contribution in [0.3, 0.4) is 0 Å². The molecule has 4 rings (SSSR count). The van der Waals surface area contributed by atoms with Gasteiger partial charge < -0.3 is 4.90 Å². The number of hydrogen-bond donors (Lipinski definition) is 1. The molecule has 0 atom stereocenters. The Kier molecular flexibility index (Phi) is 6.94. The lowest BCUT2D eigenvalue weighted by Gasteiger charge is -2.39. The summed E-state index contributed by atoms with van der Waals surface area (Å²) in [6.45, 7) is 2.31. The molecule has 1 fully saturated rings. The van der Waals surface area contributed by atoms with E-state index in [0.29, 0.717) is 36.2 Å². The molecule has 0 saturated carbocycles. The summed E-state index contributed by atoms with van der Waals surface area (Å²) < 4.78 is 26.2. The van der Waals surface area contributed by atoms with Crippen LogP contribution in [0.1, 0.15) is 17.2 Å². The number of benzene rings is 2. The number of nitrogens with one attached hydrogen (secondary N) is 1. The Hall–Kier alpha value is -2.59. The molecule has 2 aromatic carbocycles. The smallest absolute Gasteiger partial charge is 0.320 e. The molecule has 1 aromatic heterocycles. The number of carbonyl (C=O) groups excluding carboxylic acids is 1. The average molecular weight is 508 g/mol. The summed E-state index contributed by atoms with van der Waals surface area (Å²) in [5.41, 5.74) is 2.20. The topological polar surface area (TPSA) is 87.5 Å². The van der Waals surface area contributed by atoms with Gasteiger partial charge in [0.25, 0.3) is 0 Å². The van der Waals surface area contributed by atoms with Crippen LogP contribution in [0.4, 0.5) is 10.6 Å². The second kappa shape index (κ2) is 9.72. The van der Waals surface area contributed by atoms with E-state index in [1.807, 2.05) is 48.5 Å². The summed E-state index contributed by atoms with van der Waals surface area (Å²) in [4.78, 5) is 16.9. The molecule has 174 valence electrons. The van der Waals surface area contributed by atoms with E-state index in [2.05, 4.69) is 14.7 Å². The van der Waals surface area contributed by atoms with Gasteiger partial charge in [-0.3, -0.25) is 9.62 Å². The van der Waals surface area contributed by atoms with Crippen LogP contribution in [0.25, 0.3) is 0 Å². The first-order chi connectivity index (χ1) is 15.7. The van der Waals surface area contributed by atoms with Crippen LogP contribution in [0, 0.1) is 0 Å². The van der Waals surface area contributed by atoms with E-state index in [1.165, 1.54) is 12.3 Å². The quantitative estimate of drug-likeness (QED) is 0.564. The molecule has 1 saturated heterocycles. The van der Waals surface area contributed by atoms with Gasteiger partial charge in [0.2, 0.25) is 10.0 Å². The minimum atomic E-state index is -3.46. The molecule has 0 spiro atoms. The zero-order valence-corrected chi connectivity index (χ0v) is 20.2. The molecule has 1 aliphatic heterocycles. The van der Waals surface area contributed by atoms with Crippen molar-refractivity contribution in [3.05, 3.63) is 82.0 Å². The lowest BCUT2D eigenvalue weighted by Crippen LogP contribution is -2.51. The molecule has 33 heavy (non-hydrogen) atoms. The molecule has 3 aromatic rings. The van der Waals surface area contributed by atoms with Crippen LogP contribution in [0.15, 0.2) is 60.8 Å². The second-order valence-electron chi connectivity index (χ2n) is 7.83. The first-order valence-electron chi connectivity index (χ1n) is 10.3. The van der Waals surface area contributed by atoms with Gasteiger partial charge in [-0.25, -0.2) is 13.2 Å². The number of halogens is 2. The summed E-state index contributed by atoms with van der Waals surface area (Å²) in [6.07, 6.45) is 2.48. The van der Waals surface area contributed by atoms with Gasteiger partial charge >= 0.3 is 6.03 Å². The zero-order valence-electron chi connectivity index (χ0n) is 17.9. The van der Waals surface area contributed by atoms with Crippen molar-refractivity contribution in [1.82, 2.24) is 19.6 Å². The van der Waals surface area contributed by atoms with Gasteiger partial charge in [0.15, 0.2) is 5.82 Å². The lowest BCUT2D eigenvalue weighted by atomic mass is 9.96. The normalized spacial score (nSPS) is 15.1. The van der Waals surface area contributed by atoms with E-state index in [4.69, 9.17) is 23.2 Å². The third-order valence-electron chi connectivity index (χ3n) is 5.40. The highest BCUT2D eigenvalue weighted by atomic mass is 35.5. The Morgan fingerprint density at radius 1 is 0.909 bits per heavy atom. The molecular weight excluding hydrogens is 485 g/mol. The molecule has 0 bridgehead atoms. The summed E-state index contributed by atoms with van der Waals surface area (Å²) >= 11 is 12.2. The van der Waals surface area contributed by atoms with Crippen LogP contribution in [0.2, 0.25) is 10.0 Å². The minimum Gasteiger partial charge on any atom is -0.320 e. The van der Waals surface area contributed by atoms with Crippen LogP contribution < -0.4 is 4.72 Å². The first-order valence-corrected chi connectivity index (χ1v) is 12.9. The van der Waals surface area contributed by atoms with E-state index in [9.17, 15) is 13.2 Å². The fraction of sp³-hybridized carbons (Fsp3) is 0.273. The molecule has 1 aliphatic rings. The van der Waals surface area contributed by atoms with Crippen molar-refractivity contribution in [3.8, 4) is 0 Å². The molecule has 1 amide bonds. The molecule has 1 N–H and O–H groups in total. The average Bonchev–Trinajstić information content (AvgIpc) is 3.23. The first kappa shape index (κ1) is 23.6. The maximum absolute atomic E-state index is 12.9. The summed E-state index contributed by atoms with van der Waals surface area (Å²) in [5.74, 6) is 0.107. The van der Waals surface area contributed by atoms with Crippen molar-refractivity contribution in [2.75, 3.05) is 37.2 Å². The Morgan fingerprint density at radius 2 is 1.42 bits per heavy atom. The summed E-state index contributed by atoms with van der Waals surface area (Å²) in [5, 5.41) is 5.38. The number of sulfonamides is 1. The third kappa shape index (κ3) is 5.86. The predicted octanol–water partition coefficient (Wildman–Crippen LogP) is 3.94. The second-order valence-corrected chi connectivity index (χ2v) is 10.5. The summed E-state index contributed by atoms with van der Waals surface area (Å²) in [7, 11) is -3.46. The monoisotopic (exact) mass is 507 g/mol. The SMILES string of the molecule is CS(=O)(=O)Nc1ccn(C(=O)N2CCN(C(c3ccc(Cl)cc3)c3ccc(Cl)cc3)CC2)n1. The van der Waals surface area contributed by atoms with Crippen LogP contribution in [-0.2, 0) is 10.0 Å². The molecule has 0 radical (unpaired) electrons. The van der Waals surface area contributed by atoms with Gasteiger partial charge in [-0.1, -0.05) is 47.5 Å². The largest absolute Gasteiger partial charge is 0.344 e. The van der Waals surface area contributed by atoms with Gasteiger partial charge in [0.05, 0.1) is 12.3 Å². The number of carbonyl (C=O) groups is 1. The van der Waals surface area contributed by atoms with E-state index in [-0.39, 0.29) is 17.9 Å². The van der Waals surface area contributed by atoms with Crippen LogP contribution in [0.5, 0.6) is 0 Å². The van der Waals surface area contributed by atoms with Crippen molar-refractivity contribution in [2.45, 2.75) is 6.04 Å². The van der Waals surface area contributed by atoms with Crippen molar-refractivity contribution in [2.24, 2.45) is 0 Å². The fourth-order valence-electron chi connectivity index (χ4n) is 3.90. The maximum atomic E-state index is 12.9. The van der Waals surface area contributed by atoms with E-state index < -0.39 is 10.0 Å². The summed E-state index contributed by atoms with van der Waals surface area (Å²) in [6, 6.07) is 16.7. The van der Waals surface area contributed by atoms with Crippen molar-refractivity contribution >= 4 is 45.1 Å². The number of amides is 1. The molecule has 11 heteroatoms. The van der Waals surface area contributed by atoms with Crippen LogP contribution >= 0.6 is 23.2 Å². The molecular formula is C22H23Cl2N5O3S. The lowest BCUT2D eigenvalue weighted by molar-refractivity contribution is 0.119. The Morgan fingerprint density at radius 3 is 1.91 bits per heavy atom. The van der Waals surface area contributed by atoms with Gasteiger partial charge in [0.1, 0.15) is 0 Å². The maximum Gasteiger partial charge on any atom is 0.344 e. The van der Waals surface area contributed by atoms with Gasteiger partial charge in [0, 0.05) is 48.5 Å². The Bertz CT molecular complexity index is 1180. The Labute approximate surface area is 202 Å². The highest BCUT2D eigenvalue weighted by Gasteiger charge is 2.29. The highest BCUT2D eigenvalue weighted by molar-refractivity contribution is 7.92. The third-order valence-corrected chi connectivity index (χ3v) is 6.48. The van der Waals surface area contributed by atoms with E-state index >= 15 is 0 Å². The van der Waals surface area contributed by atoms with E-state index in [0.717, 1.165) is 22.1 Å².